The quantitative estimate of drug-likeness (QED) is 0.0234. The number of aliphatic hydroxyl groups excluding tert-OH is 1. The van der Waals surface area contributed by atoms with E-state index >= 15 is 0 Å². The first-order valence-corrected chi connectivity index (χ1v) is 20.1. The number of alkyl halides is 2. The van der Waals surface area contributed by atoms with Crippen molar-refractivity contribution in [2.45, 2.75) is 68.3 Å². The number of ether oxygens (including phenoxy) is 1. The van der Waals surface area contributed by atoms with E-state index in [-0.39, 0.29) is 41.7 Å². The van der Waals surface area contributed by atoms with Crippen LogP contribution in [0.3, 0.4) is 0 Å². The fourth-order valence-electron chi connectivity index (χ4n) is 6.16. The van der Waals surface area contributed by atoms with Crippen molar-refractivity contribution >= 4 is 63.9 Å². The van der Waals surface area contributed by atoms with E-state index in [2.05, 4.69) is 5.32 Å². The highest BCUT2D eigenvalue weighted by Crippen LogP contribution is 2.56. The van der Waals surface area contributed by atoms with Gasteiger partial charge in [0.15, 0.2) is 4.84 Å². The van der Waals surface area contributed by atoms with Crippen molar-refractivity contribution in [1.82, 2.24) is 5.32 Å². The fourth-order valence-corrected chi connectivity index (χ4v) is 10.6. The number of halogens is 5. The Labute approximate surface area is 317 Å². The molecule has 2 atom stereocenters. The van der Waals surface area contributed by atoms with Crippen LogP contribution in [0, 0.1) is 27.6 Å². The zero-order valence-electron chi connectivity index (χ0n) is 28.8. The molecule has 53 heavy (non-hydrogen) atoms. The number of carbonyl (C=O) groups excluding carboxylic acids is 2. The summed E-state index contributed by atoms with van der Waals surface area (Å²) in [6.07, 6.45) is 5.33. The molecule has 4 aromatic carbocycles. The van der Waals surface area contributed by atoms with Gasteiger partial charge in [-0.1, -0.05) is 48.9 Å². The highest BCUT2D eigenvalue weighted by atomic mass is 35.5. The Kier molecular flexibility index (Phi) is 16.1. The lowest BCUT2D eigenvalue weighted by atomic mass is 10.0. The van der Waals surface area contributed by atoms with Gasteiger partial charge < -0.3 is 15.2 Å². The molecule has 0 radical (unpaired) electrons. The van der Waals surface area contributed by atoms with Crippen molar-refractivity contribution < 1.29 is 37.5 Å². The predicted molar refractivity (Wildman–Crippen MR) is 203 cm³/mol. The molecule has 0 aliphatic heterocycles. The molecule has 0 saturated heterocycles. The molecule has 14 heteroatoms. The number of non-ortho nitro benzene ring substituents is 1. The van der Waals surface area contributed by atoms with Crippen molar-refractivity contribution in [2.24, 2.45) is 0 Å². The number of benzene rings is 4. The minimum Gasteiger partial charge on any atom is -0.463 e. The molecule has 1 amide bonds. The largest absolute Gasteiger partial charge is 0.463 e. The number of nitro benzene ring substituents is 1. The van der Waals surface area contributed by atoms with E-state index in [0.717, 1.165) is 60.6 Å². The van der Waals surface area contributed by atoms with Gasteiger partial charge in [-0.25, -0.2) is 13.2 Å². The molecular weight excluding hydrogens is 751 g/mol. The van der Waals surface area contributed by atoms with Crippen LogP contribution < -0.4 is 21.2 Å². The summed E-state index contributed by atoms with van der Waals surface area (Å²) < 4.78 is 47.4. The summed E-state index contributed by atoms with van der Waals surface area (Å²) in [6, 6.07) is 23.1. The van der Waals surface area contributed by atoms with Gasteiger partial charge in [0.25, 0.3) is 11.6 Å². The Morgan fingerprint density at radius 2 is 1.15 bits per heavy atom. The Morgan fingerprint density at radius 3 is 1.58 bits per heavy atom. The molecule has 0 saturated carbocycles. The second-order valence-corrected chi connectivity index (χ2v) is 17.3. The number of aliphatic hydroxyl groups is 1. The molecule has 0 aliphatic carbocycles. The van der Waals surface area contributed by atoms with Crippen molar-refractivity contribution in [3.05, 3.63) is 130 Å². The maximum atomic E-state index is 14.0. The molecule has 0 unspecified atom stereocenters. The van der Waals surface area contributed by atoms with Crippen LogP contribution in [0.4, 0.5) is 18.9 Å². The van der Waals surface area contributed by atoms with E-state index in [9.17, 15) is 38.0 Å². The van der Waals surface area contributed by atoms with E-state index in [1.54, 1.807) is 36.4 Å². The second-order valence-electron chi connectivity index (χ2n) is 12.6. The van der Waals surface area contributed by atoms with Gasteiger partial charge in [-0.15, -0.1) is 0 Å². The van der Waals surface area contributed by atoms with Gasteiger partial charge in [-0.3, -0.25) is 19.7 Å². The van der Waals surface area contributed by atoms with Crippen LogP contribution in [-0.4, -0.2) is 45.6 Å². The summed E-state index contributed by atoms with van der Waals surface area (Å²) in [4.78, 5) is 33.6. The van der Waals surface area contributed by atoms with Gasteiger partial charge in [0.1, 0.15) is 53.3 Å². The Balaban J connectivity index is 1.26. The Morgan fingerprint density at radius 1 is 0.717 bits per heavy atom. The fraction of sp³-hybridized carbons (Fsp3) is 0.333. The summed E-state index contributed by atoms with van der Waals surface area (Å²) in [6.45, 7) is -0.374. The zero-order valence-corrected chi connectivity index (χ0v) is 31.2. The molecule has 4 aromatic rings. The number of nitrogens with zero attached hydrogens (tertiary/aromatic N) is 1. The highest BCUT2D eigenvalue weighted by Gasteiger charge is 2.45. The number of hydrogen-bond acceptors (Lipinski definition) is 6. The first kappa shape index (κ1) is 41.7. The van der Waals surface area contributed by atoms with Crippen LogP contribution in [0.2, 0.25) is 0 Å². The first-order chi connectivity index (χ1) is 25.4. The van der Waals surface area contributed by atoms with Gasteiger partial charge in [0, 0.05) is 18.6 Å². The minimum absolute atomic E-state index is 0.127. The lowest BCUT2D eigenvalue weighted by molar-refractivity contribution is -0.384. The van der Waals surface area contributed by atoms with Crippen LogP contribution in [0.5, 0.6) is 0 Å². The number of carbonyl (C=O) groups is 2. The van der Waals surface area contributed by atoms with Crippen LogP contribution >= 0.6 is 30.5 Å². The Hall–Kier alpha value is -4.02. The maximum Gasteiger partial charge on any atom is 0.305 e. The molecular formula is C39H41Cl2F3N2O6P+. The van der Waals surface area contributed by atoms with E-state index in [0.29, 0.717) is 6.42 Å². The summed E-state index contributed by atoms with van der Waals surface area (Å²) in [5, 5.41) is 27.0. The predicted octanol–water partition coefficient (Wildman–Crippen LogP) is 7.99. The smallest absolute Gasteiger partial charge is 0.305 e. The number of nitro groups is 1. The number of esters is 1. The van der Waals surface area contributed by atoms with E-state index in [1.165, 1.54) is 60.7 Å². The molecule has 0 fully saturated rings. The molecule has 0 heterocycles. The molecule has 0 spiro atoms. The van der Waals surface area contributed by atoms with Gasteiger partial charge in [0.05, 0.1) is 17.1 Å². The topological polar surface area (TPSA) is 119 Å². The van der Waals surface area contributed by atoms with Crippen LogP contribution in [-0.2, 0) is 14.3 Å². The van der Waals surface area contributed by atoms with Gasteiger partial charge in [-0.2, -0.15) is 0 Å². The Bertz CT molecular complexity index is 1670. The highest BCUT2D eigenvalue weighted by molar-refractivity contribution is 7.95. The van der Waals surface area contributed by atoms with Crippen molar-refractivity contribution in [1.29, 1.82) is 0 Å². The van der Waals surface area contributed by atoms with Crippen LogP contribution in [0.25, 0.3) is 0 Å². The van der Waals surface area contributed by atoms with Crippen LogP contribution in [0.15, 0.2) is 97.1 Å². The van der Waals surface area contributed by atoms with Crippen molar-refractivity contribution in [2.75, 3.05) is 12.8 Å². The average molecular weight is 793 g/mol. The minimum atomic E-state index is -2.37. The summed E-state index contributed by atoms with van der Waals surface area (Å²) in [5.41, 5.74) is 0.0788. The standard InChI is InChI=1S/C39H40Cl2F3N2O6P/c40-38(41)39(49)45-35(37(48)27-9-17-31(18-10-27)46(50)51)26-52-36(47)8-6-4-2-1-3-5-7-25-53(32-19-11-28(42)12-20-32,33-21-13-29(43)14-22-33)34-23-15-30(44)16-24-34/h9-24,35,37-38,48H,1-8,25-26H2/p+1/t35-,37+/m0/s1. The number of unbranched alkanes of at least 4 members (excludes halogenated alkanes) is 6. The molecule has 0 aromatic heterocycles. The molecule has 4 rings (SSSR count). The van der Waals surface area contributed by atoms with E-state index in [1.807, 2.05) is 0 Å². The van der Waals surface area contributed by atoms with Crippen LogP contribution in [0.1, 0.15) is 63.0 Å². The van der Waals surface area contributed by atoms with Gasteiger partial charge in [0.2, 0.25) is 0 Å². The SMILES string of the molecule is O=C(CCCCCCCCC[P+](c1ccc(F)cc1)(c1ccc(F)cc1)c1ccc(F)cc1)OC[C@H](NC(=O)C(Cl)Cl)[C@H](O)c1ccc([N+](=O)[O-])cc1. The third-order valence-corrected chi connectivity index (χ3v) is 13.9. The first-order valence-electron chi connectivity index (χ1n) is 17.2. The van der Waals surface area contributed by atoms with Gasteiger partial charge in [-0.05, 0) is 110 Å². The normalized spacial score (nSPS) is 12.7. The molecule has 8 nitrogen and oxygen atoms in total. The molecule has 0 aliphatic rings. The van der Waals surface area contributed by atoms with E-state index in [4.69, 9.17) is 27.9 Å². The lowest BCUT2D eigenvalue weighted by Crippen LogP contribution is -2.45. The van der Waals surface area contributed by atoms with Crippen molar-refractivity contribution in [3.63, 3.8) is 0 Å². The summed E-state index contributed by atoms with van der Waals surface area (Å²) in [7, 11) is -2.37. The number of amides is 1. The molecule has 2 N–H and O–H groups in total. The average Bonchev–Trinajstić information content (AvgIpc) is 3.15. The summed E-state index contributed by atoms with van der Waals surface area (Å²) >= 11 is 11.3. The maximum absolute atomic E-state index is 14.0. The lowest BCUT2D eigenvalue weighted by Gasteiger charge is -2.28. The third-order valence-electron chi connectivity index (χ3n) is 8.95. The van der Waals surface area contributed by atoms with Gasteiger partial charge >= 0.3 is 5.97 Å². The monoisotopic (exact) mass is 791 g/mol. The van der Waals surface area contributed by atoms with Crippen molar-refractivity contribution in [3.8, 4) is 0 Å². The molecule has 0 bridgehead atoms. The third kappa shape index (κ3) is 12.0. The zero-order chi connectivity index (χ0) is 38.4. The number of nitrogens with one attached hydrogen (secondary N) is 1. The molecule has 282 valence electrons. The number of rotatable bonds is 20. The number of hydrogen-bond donors (Lipinski definition) is 2. The second kappa shape index (κ2) is 20.4. The summed E-state index contributed by atoms with van der Waals surface area (Å²) in [5.74, 6) is -2.40. The van der Waals surface area contributed by atoms with E-state index < -0.39 is 41.0 Å².